The van der Waals surface area contributed by atoms with Gasteiger partial charge in [-0.25, -0.2) is 13.1 Å². The van der Waals surface area contributed by atoms with Gasteiger partial charge in [0.2, 0.25) is 10.0 Å². The first-order valence-electron chi connectivity index (χ1n) is 5.31. The molecule has 0 unspecified atom stereocenters. The van der Waals surface area contributed by atoms with Crippen molar-refractivity contribution in [1.82, 2.24) is 4.72 Å². The molecule has 6 heteroatoms. The molecule has 0 heterocycles. The second-order valence-corrected chi connectivity index (χ2v) is 5.03. The summed E-state index contributed by atoms with van der Waals surface area (Å²) in [4.78, 5) is 5.11. The number of nitrogens with one attached hydrogen (secondary N) is 1. The first-order chi connectivity index (χ1) is 8.17. The number of hydrogen-bond donors (Lipinski definition) is 1. The summed E-state index contributed by atoms with van der Waals surface area (Å²) < 4.78 is 26.0. The van der Waals surface area contributed by atoms with Gasteiger partial charge in [-0.05, 0) is 25.5 Å². The van der Waals surface area contributed by atoms with Gasteiger partial charge in [0.05, 0.1) is 4.90 Å². The number of nitrogens with zero attached hydrogens (tertiary/aromatic N) is 1. The monoisotopic (exact) mass is 256 g/mol. The number of benzene rings is 1. The van der Waals surface area contributed by atoms with E-state index in [1.807, 2.05) is 0 Å². The molecule has 1 aromatic carbocycles. The molecule has 17 heavy (non-hydrogen) atoms. The van der Waals surface area contributed by atoms with Crippen LogP contribution in [0.1, 0.15) is 13.3 Å². The first-order valence-corrected chi connectivity index (χ1v) is 6.80. The summed E-state index contributed by atoms with van der Waals surface area (Å²) in [7, 11) is -3.40. The molecular weight excluding hydrogens is 240 g/mol. The predicted molar refractivity (Wildman–Crippen MR) is 66.4 cm³/mol. The smallest absolute Gasteiger partial charge is 0.240 e. The quantitative estimate of drug-likeness (QED) is 0.455. The van der Waals surface area contributed by atoms with Gasteiger partial charge in [-0.2, -0.15) is 0 Å². The molecule has 0 aromatic heterocycles. The molecule has 0 atom stereocenters. The van der Waals surface area contributed by atoms with E-state index in [0.29, 0.717) is 19.6 Å². The lowest BCUT2D eigenvalue weighted by Crippen LogP contribution is -2.25. The molecule has 1 rings (SSSR count). The average Bonchev–Trinajstić information content (AvgIpc) is 2.35. The van der Waals surface area contributed by atoms with Gasteiger partial charge in [0.15, 0.2) is 0 Å². The molecule has 0 aliphatic carbocycles. The zero-order valence-corrected chi connectivity index (χ0v) is 10.5. The van der Waals surface area contributed by atoms with E-state index in [9.17, 15) is 8.42 Å². The van der Waals surface area contributed by atoms with Crippen molar-refractivity contribution in [3.8, 4) is 0 Å². The van der Waals surface area contributed by atoms with Crippen molar-refractivity contribution < 1.29 is 13.3 Å². The summed E-state index contributed by atoms with van der Waals surface area (Å²) in [6.07, 6.45) is 2.11. The normalized spacial score (nSPS) is 11.8. The fraction of sp³-hybridized carbons (Fsp3) is 0.364. The van der Waals surface area contributed by atoms with Crippen LogP contribution in [0.3, 0.4) is 0 Å². The van der Waals surface area contributed by atoms with Gasteiger partial charge in [-0.15, -0.1) is 0 Å². The fourth-order valence-electron chi connectivity index (χ4n) is 1.15. The van der Waals surface area contributed by atoms with Gasteiger partial charge in [0, 0.05) is 12.8 Å². The Morgan fingerprint density at radius 3 is 2.71 bits per heavy atom. The van der Waals surface area contributed by atoms with E-state index in [1.54, 1.807) is 37.3 Å². The largest absolute Gasteiger partial charge is 0.396 e. The van der Waals surface area contributed by atoms with Crippen LogP contribution in [0.2, 0.25) is 0 Å². The van der Waals surface area contributed by atoms with Crippen LogP contribution >= 0.6 is 0 Å². The maximum absolute atomic E-state index is 11.7. The van der Waals surface area contributed by atoms with Crippen LogP contribution in [0, 0.1) is 0 Å². The molecule has 94 valence electrons. The zero-order valence-electron chi connectivity index (χ0n) is 9.67. The predicted octanol–water partition coefficient (Wildman–Crippen LogP) is 1.38. The van der Waals surface area contributed by atoms with E-state index >= 15 is 0 Å². The van der Waals surface area contributed by atoms with E-state index in [0.717, 1.165) is 0 Å². The molecule has 1 aromatic rings. The number of rotatable bonds is 7. The van der Waals surface area contributed by atoms with E-state index in [1.165, 1.54) is 6.21 Å². The first kappa shape index (κ1) is 13.7. The van der Waals surface area contributed by atoms with E-state index in [-0.39, 0.29) is 4.90 Å². The van der Waals surface area contributed by atoms with Gasteiger partial charge in [0.1, 0.15) is 6.61 Å². The maximum atomic E-state index is 11.7. The topological polar surface area (TPSA) is 67.8 Å². The minimum atomic E-state index is -3.40. The highest BCUT2D eigenvalue weighted by Crippen LogP contribution is 2.06. The molecule has 0 fully saturated rings. The summed E-state index contributed by atoms with van der Waals surface area (Å²) >= 11 is 0. The Morgan fingerprint density at radius 1 is 1.35 bits per heavy atom. The van der Waals surface area contributed by atoms with Crippen LogP contribution in [0.4, 0.5) is 0 Å². The van der Waals surface area contributed by atoms with Gasteiger partial charge in [-0.1, -0.05) is 23.4 Å². The molecule has 0 aliphatic heterocycles. The van der Waals surface area contributed by atoms with Crippen LogP contribution < -0.4 is 4.72 Å². The third-order valence-electron chi connectivity index (χ3n) is 1.94. The SMILES string of the molecule is C/C=N\OCCCNS(=O)(=O)c1ccccc1. The Balaban J connectivity index is 2.36. The second kappa shape index (κ2) is 7.03. The van der Waals surface area contributed by atoms with E-state index < -0.39 is 10.0 Å². The molecule has 0 aliphatic rings. The lowest BCUT2D eigenvalue weighted by molar-refractivity contribution is 0.144. The van der Waals surface area contributed by atoms with Crippen LogP contribution in [0.15, 0.2) is 40.4 Å². The van der Waals surface area contributed by atoms with Crippen molar-refractivity contribution >= 4 is 16.2 Å². The highest BCUT2D eigenvalue weighted by atomic mass is 32.2. The van der Waals surface area contributed by atoms with Crippen LogP contribution in [-0.4, -0.2) is 27.8 Å². The Morgan fingerprint density at radius 2 is 2.06 bits per heavy atom. The van der Waals surface area contributed by atoms with Crippen molar-refractivity contribution in [2.45, 2.75) is 18.2 Å². The Hall–Kier alpha value is -1.40. The lowest BCUT2D eigenvalue weighted by atomic mass is 10.4. The Labute approximate surface area is 102 Å². The minimum absolute atomic E-state index is 0.271. The fourth-order valence-corrected chi connectivity index (χ4v) is 2.25. The Bertz CT molecular complexity index is 443. The second-order valence-electron chi connectivity index (χ2n) is 3.26. The summed E-state index contributed by atoms with van der Waals surface area (Å²) in [6, 6.07) is 8.26. The molecule has 5 nitrogen and oxygen atoms in total. The highest BCUT2D eigenvalue weighted by molar-refractivity contribution is 7.89. The van der Waals surface area contributed by atoms with Crippen LogP contribution in [-0.2, 0) is 14.9 Å². The van der Waals surface area contributed by atoms with Crippen molar-refractivity contribution in [3.63, 3.8) is 0 Å². The standard InChI is InChI=1S/C11H16N2O3S/c1-2-12-16-10-6-9-13-17(14,15)11-7-4-3-5-8-11/h2-5,7-8,13H,6,9-10H2,1H3/b12-2-. The number of hydrogen-bond acceptors (Lipinski definition) is 4. The summed E-state index contributed by atoms with van der Waals surface area (Å²) in [5, 5.41) is 3.56. The van der Waals surface area contributed by atoms with Gasteiger partial charge < -0.3 is 4.84 Å². The van der Waals surface area contributed by atoms with Gasteiger partial charge >= 0.3 is 0 Å². The molecule has 0 radical (unpaired) electrons. The van der Waals surface area contributed by atoms with E-state index in [2.05, 4.69) is 9.88 Å². The number of sulfonamides is 1. The average molecular weight is 256 g/mol. The number of oxime groups is 1. The van der Waals surface area contributed by atoms with Crippen molar-refractivity contribution in [2.24, 2.45) is 5.16 Å². The molecule has 0 bridgehead atoms. The minimum Gasteiger partial charge on any atom is -0.396 e. The van der Waals surface area contributed by atoms with Gasteiger partial charge in [0.25, 0.3) is 0 Å². The molecule has 0 amide bonds. The van der Waals surface area contributed by atoms with Crippen molar-refractivity contribution in [1.29, 1.82) is 0 Å². The van der Waals surface area contributed by atoms with Crippen LogP contribution in [0.25, 0.3) is 0 Å². The van der Waals surface area contributed by atoms with Crippen molar-refractivity contribution in [3.05, 3.63) is 30.3 Å². The third-order valence-corrected chi connectivity index (χ3v) is 3.41. The summed E-state index contributed by atoms with van der Waals surface area (Å²) in [5.74, 6) is 0. The third kappa shape index (κ3) is 4.97. The molecule has 0 spiro atoms. The van der Waals surface area contributed by atoms with Crippen LogP contribution in [0.5, 0.6) is 0 Å². The maximum Gasteiger partial charge on any atom is 0.240 e. The molecular formula is C11H16N2O3S. The van der Waals surface area contributed by atoms with Crippen molar-refractivity contribution in [2.75, 3.05) is 13.2 Å². The van der Waals surface area contributed by atoms with E-state index in [4.69, 9.17) is 4.84 Å². The summed E-state index contributed by atoms with van der Waals surface area (Å²) in [5.41, 5.74) is 0. The zero-order chi connectivity index (χ0) is 12.6. The van der Waals surface area contributed by atoms with Gasteiger partial charge in [-0.3, -0.25) is 0 Å². The summed E-state index contributed by atoms with van der Waals surface area (Å²) in [6.45, 7) is 2.47. The lowest BCUT2D eigenvalue weighted by Gasteiger charge is -2.05. The highest BCUT2D eigenvalue weighted by Gasteiger charge is 2.11. The molecule has 1 N–H and O–H groups in total. The molecule has 0 saturated carbocycles. The molecule has 0 saturated heterocycles. The Kier molecular flexibility index (Phi) is 5.65.